The first-order valence-corrected chi connectivity index (χ1v) is 6.48. The van der Waals surface area contributed by atoms with E-state index in [0.717, 1.165) is 16.9 Å². The quantitative estimate of drug-likeness (QED) is 0.839. The predicted molar refractivity (Wildman–Crippen MR) is 83.9 cm³/mol. The molecule has 4 heteroatoms. The van der Waals surface area contributed by atoms with Crippen molar-refractivity contribution in [2.75, 3.05) is 29.5 Å². The van der Waals surface area contributed by atoms with Crippen molar-refractivity contribution in [1.82, 2.24) is 0 Å². The van der Waals surface area contributed by atoms with Crippen LogP contribution < -0.4 is 16.0 Å². The highest BCUT2D eigenvalue weighted by atomic mass is 16.2. The third-order valence-corrected chi connectivity index (χ3v) is 2.99. The van der Waals surface area contributed by atoms with E-state index in [1.54, 1.807) is 0 Å². The molecule has 0 fully saturated rings. The van der Waals surface area contributed by atoms with Gasteiger partial charge in [-0.2, -0.15) is 0 Å². The number of carbonyl (C=O) groups excluding carboxylic acids is 1. The van der Waals surface area contributed by atoms with E-state index >= 15 is 0 Å². The molecule has 0 radical (unpaired) electrons. The molecule has 2 rings (SSSR count). The second-order valence-electron chi connectivity index (χ2n) is 4.87. The van der Waals surface area contributed by atoms with Crippen molar-refractivity contribution in [3.05, 3.63) is 54.1 Å². The van der Waals surface area contributed by atoms with Crippen LogP contribution >= 0.6 is 0 Å². The summed E-state index contributed by atoms with van der Waals surface area (Å²) in [5, 5.41) is 2.89. The molecular weight excluding hydrogens is 250 g/mol. The first-order chi connectivity index (χ1) is 9.54. The topological polar surface area (TPSA) is 58.4 Å². The van der Waals surface area contributed by atoms with E-state index in [9.17, 15) is 4.79 Å². The Kier molecular flexibility index (Phi) is 4.25. The molecule has 0 aromatic heterocycles. The number of nitrogen functional groups attached to an aromatic ring is 1. The number of amides is 1. The largest absolute Gasteiger partial charge is 0.399 e. The molecule has 20 heavy (non-hydrogen) atoms. The summed E-state index contributed by atoms with van der Waals surface area (Å²) in [5.74, 6) is -0.0551. The summed E-state index contributed by atoms with van der Waals surface area (Å²) in [7, 11) is 1.87. The van der Waals surface area contributed by atoms with Gasteiger partial charge in [0.1, 0.15) is 0 Å². The summed E-state index contributed by atoms with van der Waals surface area (Å²) in [5.41, 5.74) is 9.28. The van der Waals surface area contributed by atoms with E-state index in [0.29, 0.717) is 5.69 Å². The van der Waals surface area contributed by atoms with Gasteiger partial charge in [0.05, 0.1) is 6.54 Å². The Morgan fingerprint density at radius 2 is 1.95 bits per heavy atom. The number of nitrogens with two attached hydrogens (primary N) is 1. The molecule has 0 aliphatic heterocycles. The van der Waals surface area contributed by atoms with Gasteiger partial charge in [0.2, 0.25) is 5.91 Å². The van der Waals surface area contributed by atoms with Crippen molar-refractivity contribution in [2.24, 2.45) is 0 Å². The van der Waals surface area contributed by atoms with Crippen LogP contribution in [0, 0.1) is 6.92 Å². The minimum absolute atomic E-state index is 0.0551. The van der Waals surface area contributed by atoms with Gasteiger partial charge in [-0.1, -0.05) is 18.2 Å². The Labute approximate surface area is 119 Å². The van der Waals surface area contributed by atoms with Crippen LogP contribution in [0.25, 0.3) is 0 Å². The van der Waals surface area contributed by atoms with Crippen LogP contribution in [0.3, 0.4) is 0 Å². The van der Waals surface area contributed by atoms with E-state index < -0.39 is 0 Å². The van der Waals surface area contributed by atoms with Crippen LogP contribution in [0.2, 0.25) is 0 Å². The van der Waals surface area contributed by atoms with E-state index in [2.05, 4.69) is 5.32 Å². The summed E-state index contributed by atoms with van der Waals surface area (Å²) >= 11 is 0. The Hall–Kier alpha value is -2.49. The highest BCUT2D eigenvalue weighted by molar-refractivity contribution is 5.94. The average molecular weight is 269 g/mol. The van der Waals surface area contributed by atoms with Crippen LogP contribution in [0.1, 0.15) is 5.56 Å². The number of anilines is 3. The molecule has 0 bridgehead atoms. The van der Waals surface area contributed by atoms with Crippen molar-refractivity contribution in [1.29, 1.82) is 0 Å². The van der Waals surface area contributed by atoms with E-state index in [-0.39, 0.29) is 12.5 Å². The molecule has 1 amide bonds. The fourth-order valence-electron chi connectivity index (χ4n) is 1.99. The summed E-state index contributed by atoms with van der Waals surface area (Å²) in [6, 6.07) is 15.2. The number of rotatable bonds is 4. The molecule has 0 unspecified atom stereocenters. The van der Waals surface area contributed by atoms with Gasteiger partial charge in [0.25, 0.3) is 0 Å². The Bertz CT molecular complexity index is 610. The highest BCUT2D eigenvalue weighted by Gasteiger charge is 2.08. The maximum atomic E-state index is 12.0. The Morgan fingerprint density at radius 1 is 1.20 bits per heavy atom. The number of aryl methyl sites for hydroxylation is 1. The summed E-state index contributed by atoms with van der Waals surface area (Å²) < 4.78 is 0. The molecule has 0 heterocycles. The second-order valence-corrected chi connectivity index (χ2v) is 4.87. The fraction of sp³-hybridized carbons (Fsp3) is 0.188. The molecule has 0 spiro atoms. The maximum Gasteiger partial charge on any atom is 0.243 e. The van der Waals surface area contributed by atoms with Crippen molar-refractivity contribution in [3.63, 3.8) is 0 Å². The van der Waals surface area contributed by atoms with Crippen LogP contribution in [0.4, 0.5) is 17.1 Å². The number of nitrogens with zero attached hydrogens (tertiary/aromatic N) is 1. The second kappa shape index (κ2) is 6.10. The zero-order valence-electron chi connectivity index (χ0n) is 11.8. The monoisotopic (exact) mass is 269 g/mol. The van der Waals surface area contributed by atoms with E-state index in [4.69, 9.17) is 5.73 Å². The minimum Gasteiger partial charge on any atom is -0.399 e. The molecular formula is C16H19N3O. The van der Waals surface area contributed by atoms with Crippen molar-refractivity contribution >= 4 is 23.0 Å². The number of hydrogen-bond acceptors (Lipinski definition) is 3. The molecule has 0 aliphatic carbocycles. The maximum absolute atomic E-state index is 12.0. The van der Waals surface area contributed by atoms with Gasteiger partial charge in [-0.25, -0.2) is 0 Å². The van der Waals surface area contributed by atoms with Gasteiger partial charge in [-0.3, -0.25) is 4.79 Å². The lowest BCUT2D eigenvalue weighted by Crippen LogP contribution is -2.30. The predicted octanol–water partition coefficient (Wildman–Crippen LogP) is 2.65. The Balaban J connectivity index is 1.97. The van der Waals surface area contributed by atoms with Crippen molar-refractivity contribution in [2.45, 2.75) is 6.92 Å². The highest BCUT2D eigenvalue weighted by Crippen LogP contribution is 2.16. The normalized spacial score (nSPS) is 10.1. The van der Waals surface area contributed by atoms with Gasteiger partial charge >= 0.3 is 0 Å². The van der Waals surface area contributed by atoms with Gasteiger partial charge in [-0.05, 0) is 42.8 Å². The van der Waals surface area contributed by atoms with Gasteiger partial charge in [-0.15, -0.1) is 0 Å². The summed E-state index contributed by atoms with van der Waals surface area (Å²) in [6.45, 7) is 2.27. The van der Waals surface area contributed by atoms with Gasteiger partial charge in [0.15, 0.2) is 0 Å². The lowest BCUT2D eigenvalue weighted by molar-refractivity contribution is -0.114. The number of hydrogen-bond donors (Lipinski definition) is 2. The number of nitrogens with one attached hydrogen (secondary N) is 1. The molecule has 104 valence electrons. The van der Waals surface area contributed by atoms with Crippen LogP contribution in [-0.4, -0.2) is 19.5 Å². The minimum atomic E-state index is -0.0551. The van der Waals surface area contributed by atoms with Crippen LogP contribution in [0.15, 0.2) is 48.5 Å². The average Bonchev–Trinajstić information content (AvgIpc) is 2.38. The van der Waals surface area contributed by atoms with E-state index in [1.807, 2.05) is 67.4 Å². The van der Waals surface area contributed by atoms with Crippen molar-refractivity contribution in [3.8, 4) is 0 Å². The first kappa shape index (κ1) is 13.9. The third-order valence-electron chi connectivity index (χ3n) is 2.99. The summed E-state index contributed by atoms with van der Waals surface area (Å²) in [6.07, 6.45) is 0. The van der Waals surface area contributed by atoms with Gasteiger partial charge < -0.3 is 16.0 Å². The van der Waals surface area contributed by atoms with Crippen molar-refractivity contribution < 1.29 is 4.79 Å². The third kappa shape index (κ3) is 3.75. The number of carbonyl (C=O) groups is 1. The van der Waals surface area contributed by atoms with Gasteiger partial charge in [0, 0.05) is 24.1 Å². The summed E-state index contributed by atoms with van der Waals surface area (Å²) in [4.78, 5) is 13.9. The number of benzene rings is 2. The zero-order valence-corrected chi connectivity index (χ0v) is 11.8. The molecule has 2 aromatic rings. The molecule has 0 saturated carbocycles. The molecule has 0 aliphatic rings. The molecule has 2 aromatic carbocycles. The van der Waals surface area contributed by atoms with E-state index in [1.165, 1.54) is 0 Å². The van der Waals surface area contributed by atoms with Crippen LogP contribution in [0.5, 0.6) is 0 Å². The van der Waals surface area contributed by atoms with Crippen LogP contribution in [-0.2, 0) is 4.79 Å². The molecule has 0 atom stereocenters. The molecule has 4 nitrogen and oxygen atoms in total. The zero-order chi connectivity index (χ0) is 14.5. The smallest absolute Gasteiger partial charge is 0.243 e. The fourth-order valence-corrected chi connectivity index (χ4v) is 1.99. The molecule has 0 saturated heterocycles. The lowest BCUT2D eigenvalue weighted by Gasteiger charge is -2.19. The first-order valence-electron chi connectivity index (χ1n) is 6.48. The Morgan fingerprint density at radius 3 is 2.65 bits per heavy atom. The SMILES string of the molecule is Cc1cccc(NC(=O)CN(C)c2cccc(N)c2)c1. The number of likely N-dealkylation sites (N-methyl/N-ethyl adjacent to an activating group) is 1. The molecule has 3 N–H and O–H groups in total. The lowest BCUT2D eigenvalue weighted by atomic mass is 10.2. The standard InChI is InChI=1S/C16H19N3O/c1-12-5-3-7-14(9-12)18-16(20)11-19(2)15-8-4-6-13(17)10-15/h3-10H,11,17H2,1-2H3,(H,18,20).